The monoisotopic (exact) mass is 466 g/mol. The number of hydrogen-bond donors (Lipinski definition) is 0. The van der Waals surface area contributed by atoms with Crippen LogP contribution < -0.4 is 13.8 Å². The Morgan fingerprint density at radius 3 is 2.36 bits per heavy atom. The molecule has 1 amide bonds. The van der Waals surface area contributed by atoms with Gasteiger partial charge in [-0.3, -0.25) is 9.10 Å². The third-order valence-corrected chi connectivity index (χ3v) is 7.29. The Bertz CT molecular complexity index is 1240. The summed E-state index contributed by atoms with van der Waals surface area (Å²) < 4.78 is 38.7. The maximum absolute atomic E-state index is 13.2. The van der Waals surface area contributed by atoms with Crippen LogP contribution >= 0.6 is 0 Å². The first-order valence-corrected chi connectivity index (χ1v) is 12.2. The fourth-order valence-electron chi connectivity index (χ4n) is 3.64. The van der Waals surface area contributed by atoms with Crippen molar-refractivity contribution in [2.75, 3.05) is 31.1 Å². The molecule has 0 bridgehead atoms. The zero-order chi connectivity index (χ0) is 23.4. The number of benzene rings is 3. The lowest BCUT2D eigenvalue weighted by molar-refractivity contribution is 0.0752. The molecule has 0 unspecified atom stereocenters. The van der Waals surface area contributed by atoms with Crippen LogP contribution in [-0.2, 0) is 16.6 Å². The van der Waals surface area contributed by atoms with Crippen LogP contribution in [0, 0.1) is 0 Å². The normalized spacial score (nSPS) is 12.8. The number of fused-ring (bicyclic) bond motifs is 1. The molecule has 0 saturated carbocycles. The number of rotatable bonds is 7. The molecule has 1 heterocycles. The second-order valence-electron chi connectivity index (χ2n) is 7.63. The van der Waals surface area contributed by atoms with Crippen LogP contribution in [0.4, 0.5) is 5.69 Å². The van der Waals surface area contributed by atoms with Crippen LogP contribution in [0.2, 0.25) is 0 Å². The van der Waals surface area contributed by atoms with E-state index in [-0.39, 0.29) is 10.8 Å². The molecule has 0 fully saturated rings. The van der Waals surface area contributed by atoms with E-state index in [0.29, 0.717) is 49.1 Å². The molecular formula is C25H26N2O5S. The maximum atomic E-state index is 13.2. The highest BCUT2D eigenvalue weighted by Crippen LogP contribution is 2.31. The number of ether oxygens (including phenoxy) is 2. The van der Waals surface area contributed by atoms with E-state index >= 15 is 0 Å². The van der Waals surface area contributed by atoms with Gasteiger partial charge in [-0.25, -0.2) is 8.42 Å². The average molecular weight is 467 g/mol. The molecule has 0 saturated heterocycles. The van der Waals surface area contributed by atoms with Gasteiger partial charge in [-0.05, 0) is 55.0 Å². The summed E-state index contributed by atoms with van der Waals surface area (Å²) in [7, 11) is -2.32. The second-order valence-corrected chi connectivity index (χ2v) is 9.60. The van der Waals surface area contributed by atoms with Gasteiger partial charge in [0.25, 0.3) is 15.9 Å². The van der Waals surface area contributed by atoms with Gasteiger partial charge in [-0.15, -0.1) is 0 Å². The smallest absolute Gasteiger partial charge is 0.264 e. The van der Waals surface area contributed by atoms with Gasteiger partial charge in [0.15, 0.2) is 11.5 Å². The lowest BCUT2D eigenvalue weighted by atomic mass is 10.1. The van der Waals surface area contributed by atoms with Crippen molar-refractivity contribution in [1.82, 2.24) is 4.90 Å². The van der Waals surface area contributed by atoms with Crippen LogP contribution in [0.25, 0.3) is 0 Å². The van der Waals surface area contributed by atoms with Gasteiger partial charge in [0.1, 0.15) is 13.2 Å². The Kier molecular flexibility index (Phi) is 6.55. The first-order valence-electron chi connectivity index (χ1n) is 10.7. The Hall–Kier alpha value is -3.52. The van der Waals surface area contributed by atoms with Crippen molar-refractivity contribution in [1.29, 1.82) is 0 Å². The predicted molar refractivity (Wildman–Crippen MR) is 126 cm³/mol. The molecule has 0 radical (unpaired) electrons. The van der Waals surface area contributed by atoms with E-state index in [1.54, 1.807) is 41.3 Å². The highest BCUT2D eigenvalue weighted by atomic mass is 32.2. The van der Waals surface area contributed by atoms with Crippen LogP contribution in [-0.4, -0.2) is 46.0 Å². The lowest BCUT2D eigenvalue weighted by Gasteiger charge is -2.24. The number of nitrogens with zero attached hydrogens (tertiary/aromatic N) is 2. The molecule has 3 aromatic rings. The van der Waals surface area contributed by atoms with E-state index in [0.717, 1.165) is 5.56 Å². The number of amides is 1. The quantitative estimate of drug-likeness (QED) is 0.527. The largest absolute Gasteiger partial charge is 0.486 e. The Labute approximate surface area is 194 Å². The second kappa shape index (κ2) is 9.54. The Morgan fingerprint density at radius 1 is 0.909 bits per heavy atom. The third kappa shape index (κ3) is 4.80. The molecule has 3 aromatic carbocycles. The summed E-state index contributed by atoms with van der Waals surface area (Å²) in [6.45, 7) is 3.73. The average Bonchev–Trinajstić information content (AvgIpc) is 2.86. The molecule has 1 aliphatic rings. The van der Waals surface area contributed by atoms with Crippen molar-refractivity contribution in [2.45, 2.75) is 18.4 Å². The molecule has 33 heavy (non-hydrogen) atoms. The molecule has 7 nitrogen and oxygen atoms in total. The predicted octanol–water partition coefficient (Wildman–Crippen LogP) is 3.95. The van der Waals surface area contributed by atoms with Crippen LogP contribution in [0.5, 0.6) is 11.5 Å². The highest BCUT2D eigenvalue weighted by molar-refractivity contribution is 7.92. The molecule has 0 aromatic heterocycles. The summed E-state index contributed by atoms with van der Waals surface area (Å²) in [6.07, 6.45) is 0. The SMILES string of the molecule is CCN(Cc1ccc2c(c1)OCCO2)C(=O)c1cccc(S(=O)(=O)N(C)c2ccccc2)c1. The minimum atomic E-state index is -3.82. The summed E-state index contributed by atoms with van der Waals surface area (Å²) in [5.41, 5.74) is 1.77. The van der Waals surface area contributed by atoms with Gasteiger partial charge in [0.2, 0.25) is 0 Å². The van der Waals surface area contributed by atoms with E-state index in [1.165, 1.54) is 23.5 Å². The molecule has 0 aliphatic carbocycles. The molecule has 4 rings (SSSR count). The fourth-order valence-corrected chi connectivity index (χ4v) is 4.88. The van der Waals surface area contributed by atoms with Gasteiger partial charge in [-0.1, -0.05) is 30.3 Å². The van der Waals surface area contributed by atoms with Crippen molar-refractivity contribution >= 4 is 21.6 Å². The first-order chi connectivity index (χ1) is 15.9. The molecule has 0 N–H and O–H groups in total. The molecule has 1 aliphatic heterocycles. The van der Waals surface area contributed by atoms with Crippen LogP contribution in [0.3, 0.4) is 0 Å². The number of sulfonamides is 1. The van der Waals surface area contributed by atoms with Crippen LogP contribution in [0.1, 0.15) is 22.8 Å². The van der Waals surface area contributed by atoms with Crippen molar-refractivity contribution < 1.29 is 22.7 Å². The minimum Gasteiger partial charge on any atom is -0.486 e. The van der Waals surface area contributed by atoms with Gasteiger partial charge < -0.3 is 14.4 Å². The highest BCUT2D eigenvalue weighted by Gasteiger charge is 2.24. The number of carbonyl (C=O) groups is 1. The van der Waals surface area contributed by atoms with E-state index < -0.39 is 10.0 Å². The van der Waals surface area contributed by atoms with E-state index in [4.69, 9.17) is 9.47 Å². The zero-order valence-corrected chi connectivity index (χ0v) is 19.4. The zero-order valence-electron chi connectivity index (χ0n) is 18.6. The number of carbonyl (C=O) groups excluding carboxylic acids is 1. The van der Waals surface area contributed by atoms with Crippen molar-refractivity contribution in [2.24, 2.45) is 0 Å². The lowest BCUT2D eigenvalue weighted by Crippen LogP contribution is -2.31. The summed E-state index contributed by atoms with van der Waals surface area (Å²) >= 11 is 0. The third-order valence-electron chi connectivity index (χ3n) is 5.51. The van der Waals surface area contributed by atoms with Crippen molar-refractivity contribution in [3.05, 3.63) is 83.9 Å². The summed E-state index contributed by atoms with van der Waals surface area (Å²) in [4.78, 5) is 15.0. The molecule has 0 spiro atoms. The molecule has 8 heteroatoms. The minimum absolute atomic E-state index is 0.0649. The number of anilines is 1. The molecule has 172 valence electrons. The summed E-state index contributed by atoms with van der Waals surface area (Å²) in [6, 6.07) is 20.6. The van der Waals surface area contributed by atoms with Gasteiger partial charge in [0, 0.05) is 25.7 Å². The standard InChI is InChI=1S/C25H26N2O5S/c1-3-27(18-19-12-13-23-24(16-19)32-15-14-31-23)25(28)20-8-7-11-22(17-20)33(29,30)26(2)21-9-5-4-6-10-21/h4-13,16-17H,3,14-15,18H2,1-2H3. The van der Waals surface area contributed by atoms with Crippen molar-refractivity contribution in [3.63, 3.8) is 0 Å². The van der Waals surface area contributed by atoms with E-state index in [2.05, 4.69) is 0 Å². The van der Waals surface area contributed by atoms with Crippen LogP contribution in [0.15, 0.2) is 77.7 Å². The number of hydrogen-bond acceptors (Lipinski definition) is 5. The van der Waals surface area contributed by atoms with E-state index in [9.17, 15) is 13.2 Å². The Morgan fingerprint density at radius 2 is 1.64 bits per heavy atom. The topological polar surface area (TPSA) is 76.1 Å². The maximum Gasteiger partial charge on any atom is 0.264 e. The van der Waals surface area contributed by atoms with Gasteiger partial charge in [0.05, 0.1) is 10.6 Å². The Balaban J connectivity index is 1.56. The van der Waals surface area contributed by atoms with E-state index in [1.807, 2.05) is 31.2 Å². The summed E-state index contributed by atoms with van der Waals surface area (Å²) in [5.74, 6) is 1.12. The number of para-hydroxylation sites is 1. The van der Waals surface area contributed by atoms with Gasteiger partial charge in [-0.2, -0.15) is 0 Å². The fraction of sp³-hybridized carbons (Fsp3) is 0.240. The molecular weight excluding hydrogens is 440 g/mol. The first kappa shape index (κ1) is 22.7. The summed E-state index contributed by atoms with van der Waals surface area (Å²) in [5, 5.41) is 0. The molecule has 0 atom stereocenters. The van der Waals surface area contributed by atoms with Crippen molar-refractivity contribution in [3.8, 4) is 11.5 Å². The van der Waals surface area contributed by atoms with Gasteiger partial charge >= 0.3 is 0 Å².